The highest BCUT2D eigenvalue weighted by Crippen LogP contribution is 2.28. The second-order valence-corrected chi connectivity index (χ2v) is 7.28. The highest BCUT2D eigenvalue weighted by molar-refractivity contribution is 5.79. The van der Waals surface area contributed by atoms with Gasteiger partial charge in [0.15, 0.2) is 0 Å². The van der Waals surface area contributed by atoms with Crippen LogP contribution < -0.4 is 5.32 Å². The molecule has 0 heterocycles. The van der Waals surface area contributed by atoms with E-state index in [9.17, 15) is 4.79 Å². The zero-order valence-corrected chi connectivity index (χ0v) is 13.8. The molecule has 22 heavy (non-hydrogen) atoms. The number of hydrogen-bond donors (Lipinski definition) is 2. The lowest BCUT2D eigenvalue weighted by Crippen LogP contribution is -2.25. The van der Waals surface area contributed by atoms with Gasteiger partial charge in [0.05, 0.1) is 0 Å². The summed E-state index contributed by atoms with van der Waals surface area (Å²) in [4.78, 5) is 10.5. The van der Waals surface area contributed by atoms with E-state index in [1.165, 1.54) is 17.3 Å². The molecule has 0 radical (unpaired) electrons. The number of hydrogen-bond acceptors (Lipinski definition) is 2. The van der Waals surface area contributed by atoms with Crippen molar-refractivity contribution in [3.8, 4) is 0 Å². The van der Waals surface area contributed by atoms with Crippen molar-refractivity contribution in [2.75, 3.05) is 5.32 Å². The molecule has 120 valence electrons. The number of rotatable bonds is 4. The first-order chi connectivity index (χ1) is 10.3. The molecule has 0 aliphatic heterocycles. The van der Waals surface area contributed by atoms with Gasteiger partial charge in [-0.1, -0.05) is 39.0 Å². The molecule has 3 heteroatoms. The van der Waals surface area contributed by atoms with Crippen molar-refractivity contribution in [2.45, 2.75) is 57.9 Å². The highest BCUT2D eigenvalue weighted by Gasteiger charge is 2.20. The van der Waals surface area contributed by atoms with E-state index in [0.29, 0.717) is 12.0 Å². The minimum atomic E-state index is -0.848. The summed E-state index contributed by atoms with van der Waals surface area (Å²) < 4.78 is 0. The Morgan fingerprint density at radius 2 is 1.73 bits per heavy atom. The van der Waals surface area contributed by atoms with Gasteiger partial charge in [-0.2, -0.15) is 0 Å². The van der Waals surface area contributed by atoms with Crippen LogP contribution in [0.25, 0.3) is 0 Å². The van der Waals surface area contributed by atoms with Crippen molar-refractivity contribution < 1.29 is 9.90 Å². The van der Waals surface area contributed by atoms with Crippen molar-refractivity contribution in [1.82, 2.24) is 0 Å². The van der Waals surface area contributed by atoms with Crippen molar-refractivity contribution in [2.24, 2.45) is 5.92 Å². The fraction of sp³-hybridized carbons (Fsp3) is 0.526. The van der Waals surface area contributed by atoms with Crippen LogP contribution in [0.4, 0.5) is 5.69 Å². The lowest BCUT2D eigenvalue weighted by Gasteiger charge is -2.28. The van der Waals surface area contributed by atoms with E-state index in [1.54, 1.807) is 0 Å². The van der Waals surface area contributed by atoms with Gasteiger partial charge in [-0.15, -0.1) is 0 Å². The molecule has 0 spiro atoms. The zero-order valence-electron chi connectivity index (χ0n) is 13.8. The van der Waals surface area contributed by atoms with Gasteiger partial charge in [0, 0.05) is 17.8 Å². The van der Waals surface area contributed by atoms with E-state index in [2.05, 4.69) is 50.4 Å². The third-order valence-electron chi connectivity index (χ3n) is 4.40. The van der Waals surface area contributed by atoms with Crippen molar-refractivity contribution in [1.29, 1.82) is 0 Å². The van der Waals surface area contributed by atoms with E-state index in [-0.39, 0.29) is 5.41 Å². The Morgan fingerprint density at radius 3 is 2.23 bits per heavy atom. The predicted octanol–water partition coefficient (Wildman–Crippen LogP) is 4.60. The minimum absolute atomic E-state index is 0.188. The van der Waals surface area contributed by atoms with Crippen LogP contribution in [0.1, 0.15) is 52.0 Å². The standard InChI is InChI=1S/C19H27NO2/c1-19(2,3)15-7-11-17(12-8-15)20-16-9-4-14(5-10-16)6-13-18(21)22/h6-8,11-14,16,20H,4-5,9-10H2,1-3H3,(H,21,22)/b13-6+. The molecule has 0 aromatic heterocycles. The molecule has 3 nitrogen and oxygen atoms in total. The Hall–Kier alpha value is -1.77. The quantitative estimate of drug-likeness (QED) is 0.799. The fourth-order valence-electron chi connectivity index (χ4n) is 2.98. The maximum atomic E-state index is 10.5. The monoisotopic (exact) mass is 301 g/mol. The van der Waals surface area contributed by atoms with Crippen molar-refractivity contribution in [3.05, 3.63) is 42.0 Å². The van der Waals surface area contributed by atoms with Crippen LogP contribution in [0.15, 0.2) is 36.4 Å². The van der Waals surface area contributed by atoms with E-state index in [0.717, 1.165) is 25.7 Å². The summed E-state index contributed by atoms with van der Waals surface area (Å²) in [6.45, 7) is 6.67. The first kappa shape index (κ1) is 16.6. The van der Waals surface area contributed by atoms with Gasteiger partial charge >= 0.3 is 5.97 Å². The molecule has 2 rings (SSSR count). The van der Waals surface area contributed by atoms with Crippen molar-refractivity contribution >= 4 is 11.7 Å². The summed E-state index contributed by atoms with van der Waals surface area (Å²) in [6.07, 6.45) is 7.43. The fourth-order valence-corrected chi connectivity index (χ4v) is 2.98. The van der Waals surface area contributed by atoms with E-state index < -0.39 is 5.97 Å². The topological polar surface area (TPSA) is 49.3 Å². The Bertz CT molecular complexity index is 517. The summed E-state index contributed by atoms with van der Waals surface area (Å²) in [6, 6.07) is 9.22. The molecule has 1 aliphatic rings. The normalized spacial score (nSPS) is 22.7. The summed E-state index contributed by atoms with van der Waals surface area (Å²) in [5.41, 5.74) is 2.71. The van der Waals surface area contributed by atoms with Gasteiger partial charge in [-0.25, -0.2) is 4.79 Å². The molecular formula is C19H27NO2. The third kappa shape index (κ3) is 4.90. The van der Waals surface area contributed by atoms with E-state index >= 15 is 0 Å². The first-order valence-electron chi connectivity index (χ1n) is 8.13. The number of carboxylic acid groups (broad SMARTS) is 1. The Morgan fingerprint density at radius 1 is 1.14 bits per heavy atom. The SMILES string of the molecule is CC(C)(C)c1ccc(NC2CCC(/C=C/C(=O)O)CC2)cc1. The number of carboxylic acids is 1. The Labute approximate surface area is 133 Å². The lowest BCUT2D eigenvalue weighted by molar-refractivity contribution is -0.131. The molecule has 1 aromatic carbocycles. The van der Waals surface area contributed by atoms with Crippen LogP contribution in [-0.2, 0) is 10.2 Å². The van der Waals surface area contributed by atoms with Crippen LogP contribution in [0.2, 0.25) is 0 Å². The molecule has 1 fully saturated rings. The maximum Gasteiger partial charge on any atom is 0.327 e. The predicted molar refractivity (Wildman–Crippen MR) is 91.3 cm³/mol. The van der Waals surface area contributed by atoms with Gasteiger partial charge in [-0.3, -0.25) is 0 Å². The minimum Gasteiger partial charge on any atom is -0.478 e. The number of nitrogens with one attached hydrogen (secondary N) is 1. The summed E-state index contributed by atoms with van der Waals surface area (Å²) in [7, 11) is 0. The molecule has 1 aliphatic carbocycles. The average Bonchev–Trinajstić information content (AvgIpc) is 2.46. The summed E-state index contributed by atoms with van der Waals surface area (Å²) in [5.74, 6) is -0.434. The van der Waals surface area contributed by atoms with Crippen LogP contribution in [0.5, 0.6) is 0 Å². The molecule has 1 saturated carbocycles. The molecule has 0 unspecified atom stereocenters. The second-order valence-electron chi connectivity index (χ2n) is 7.28. The number of benzene rings is 1. The van der Waals surface area contributed by atoms with Crippen LogP contribution in [0, 0.1) is 5.92 Å². The maximum absolute atomic E-state index is 10.5. The Kier molecular flexibility index (Phi) is 5.28. The van der Waals surface area contributed by atoms with E-state index in [1.807, 2.05) is 6.08 Å². The van der Waals surface area contributed by atoms with E-state index in [4.69, 9.17) is 5.11 Å². The zero-order chi connectivity index (χ0) is 16.2. The highest BCUT2D eigenvalue weighted by atomic mass is 16.4. The molecule has 0 atom stereocenters. The average molecular weight is 301 g/mol. The summed E-state index contributed by atoms with van der Waals surface area (Å²) >= 11 is 0. The van der Waals surface area contributed by atoms with Gasteiger partial charge in [0.25, 0.3) is 0 Å². The van der Waals surface area contributed by atoms with Crippen LogP contribution >= 0.6 is 0 Å². The molecule has 0 saturated heterocycles. The lowest BCUT2D eigenvalue weighted by atomic mass is 9.85. The first-order valence-corrected chi connectivity index (χ1v) is 8.13. The number of anilines is 1. The third-order valence-corrected chi connectivity index (χ3v) is 4.40. The Balaban J connectivity index is 1.84. The summed E-state index contributed by atoms with van der Waals surface area (Å²) in [5, 5.41) is 12.3. The van der Waals surface area contributed by atoms with Gasteiger partial charge in [-0.05, 0) is 54.7 Å². The van der Waals surface area contributed by atoms with Gasteiger partial charge in [0.1, 0.15) is 0 Å². The largest absolute Gasteiger partial charge is 0.478 e. The smallest absolute Gasteiger partial charge is 0.327 e. The molecule has 0 amide bonds. The second kappa shape index (κ2) is 6.99. The molecule has 0 bridgehead atoms. The van der Waals surface area contributed by atoms with Crippen LogP contribution in [-0.4, -0.2) is 17.1 Å². The number of allylic oxidation sites excluding steroid dienone is 1. The van der Waals surface area contributed by atoms with Crippen molar-refractivity contribution in [3.63, 3.8) is 0 Å². The van der Waals surface area contributed by atoms with Crippen LogP contribution in [0.3, 0.4) is 0 Å². The van der Waals surface area contributed by atoms with Gasteiger partial charge < -0.3 is 10.4 Å². The number of aliphatic carboxylic acids is 1. The number of carbonyl (C=O) groups is 1. The van der Waals surface area contributed by atoms with Gasteiger partial charge in [0.2, 0.25) is 0 Å². The molecular weight excluding hydrogens is 274 g/mol. The molecule has 1 aromatic rings. The molecule has 2 N–H and O–H groups in total.